The zero-order chi connectivity index (χ0) is 16.2. The lowest BCUT2D eigenvalue weighted by atomic mass is 10.0. The lowest BCUT2D eigenvalue weighted by Crippen LogP contribution is -2.39. The third kappa shape index (κ3) is 4.02. The Labute approximate surface area is 136 Å². The normalized spacial score (nSPS) is 22.0. The van der Waals surface area contributed by atoms with Gasteiger partial charge in [-0.15, -0.1) is 0 Å². The molecule has 0 unspecified atom stereocenters. The molecular weight excluding hydrogens is 288 g/mol. The molecule has 4 heteroatoms. The van der Waals surface area contributed by atoms with Gasteiger partial charge < -0.3 is 15.7 Å². The van der Waals surface area contributed by atoms with Crippen molar-refractivity contribution in [3.8, 4) is 0 Å². The van der Waals surface area contributed by atoms with E-state index in [1.54, 1.807) is 0 Å². The number of aliphatic hydroxyl groups is 1. The van der Waals surface area contributed by atoms with Gasteiger partial charge >= 0.3 is 6.03 Å². The molecule has 2 amide bonds. The van der Waals surface area contributed by atoms with Crippen LogP contribution in [0.1, 0.15) is 37.8 Å². The Kier molecular flexibility index (Phi) is 4.82. The number of amides is 2. The topological polar surface area (TPSA) is 61.4 Å². The number of benzene rings is 2. The Morgan fingerprint density at radius 3 is 2.74 bits per heavy atom. The number of aliphatic hydroxyl groups excluding tert-OH is 1. The maximum Gasteiger partial charge on any atom is 0.315 e. The van der Waals surface area contributed by atoms with E-state index in [0.29, 0.717) is 12.5 Å². The first-order valence-corrected chi connectivity index (χ1v) is 8.33. The highest BCUT2D eigenvalue weighted by Crippen LogP contribution is 2.24. The molecule has 3 rings (SSSR count). The smallest absolute Gasteiger partial charge is 0.315 e. The van der Waals surface area contributed by atoms with Gasteiger partial charge in [-0.2, -0.15) is 0 Å². The van der Waals surface area contributed by atoms with Crippen LogP contribution in [0.25, 0.3) is 10.8 Å². The number of nitrogens with one attached hydrogen (secondary N) is 2. The highest BCUT2D eigenvalue weighted by Gasteiger charge is 2.23. The largest absolute Gasteiger partial charge is 0.393 e. The molecule has 1 saturated carbocycles. The van der Waals surface area contributed by atoms with Gasteiger partial charge in [0.25, 0.3) is 0 Å². The molecule has 0 saturated heterocycles. The minimum absolute atomic E-state index is 0.0474. The number of rotatable bonds is 4. The first kappa shape index (κ1) is 15.8. The van der Waals surface area contributed by atoms with Crippen LogP contribution in [0, 0.1) is 5.92 Å². The summed E-state index contributed by atoms with van der Waals surface area (Å²) in [4.78, 5) is 12.0. The van der Waals surface area contributed by atoms with Crippen LogP contribution >= 0.6 is 0 Å². The molecule has 2 aromatic rings. The van der Waals surface area contributed by atoms with Crippen molar-refractivity contribution in [1.82, 2.24) is 10.6 Å². The zero-order valence-corrected chi connectivity index (χ0v) is 13.5. The molecule has 23 heavy (non-hydrogen) atoms. The zero-order valence-electron chi connectivity index (χ0n) is 13.5. The Bertz CT molecular complexity index is 686. The van der Waals surface area contributed by atoms with Gasteiger partial charge in [0, 0.05) is 6.54 Å². The molecule has 3 atom stereocenters. The minimum atomic E-state index is -0.193. The minimum Gasteiger partial charge on any atom is -0.393 e. The molecule has 3 N–H and O–H groups in total. The molecule has 0 radical (unpaired) electrons. The lowest BCUT2D eigenvalue weighted by molar-refractivity contribution is 0.177. The number of hydrogen-bond donors (Lipinski definition) is 3. The molecule has 122 valence electrons. The maximum atomic E-state index is 12.0. The van der Waals surface area contributed by atoms with Gasteiger partial charge in [-0.05, 0) is 54.5 Å². The Morgan fingerprint density at radius 2 is 2.00 bits per heavy atom. The van der Waals surface area contributed by atoms with E-state index in [2.05, 4.69) is 41.0 Å². The molecule has 1 aliphatic carbocycles. The second-order valence-corrected chi connectivity index (χ2v) is 6.52. The van der Waals surface area contributed by atoms with E-state index in [-0.39, 0.29) is 18.2 Å². The number of carbonyl (C=O) groups excluding carboxylic acids is 1. The van der Waals surface area contributed by atoms with E-state index >= 15 is 0 Å². The molecule has 0 aromatic heterocycles. The average molecular weight is 312 g/mol. The summed E-state index contributed by atoms with van der Waals surface area (Å²) < 4.78 is 0. The van der Waals surface area contributed by atoms with E-state index in [0.717, 1.165) is 24.8 Å². The Balaban J connectivity index is 1.54. The summed E-state index contributed by atoms with van der Waals surface area (Å²) in [6, 6.07) is 14.3. The van der Waals surface area contributed by atoms with Crippen molar-refractivity contribution in [1.29, 1.82) is 0 Å². The van der Waals surface area contributed by atoms with Crippen molar-refractivity contribution in [2.75, 3.05) is 6.54 Å². The van der Waals surface area contributed by atoms with Crippen LogP contribution in [0.15, 0.2) is 42.5 Å². The summed E-state index contributed by atoms with van der Waals surface area (Å²) >= 11 is 0. The summed E-state index contributed by atoms with van der Waals surface area (Å²) in [5, 5.41) is 17.8. The van der Waals surface area contributed by atoms with Crippen molar-refractivity contribution in [3.63, 3.8) is 0 Å². The molecule has 0 heterocycles. The van der Waals surface area contributed by atoms with Crippen molar-refractivity contribution < 1.29 is 9.90 Å². The van der Waals surface area contributed by atoms with Crippen LogP contribution < -0.4 is 10.6 Å². The summed E-state index contributed by atoms with van der Waals surface area (Å²) in [5.41, 5.74) is 1.09. The number of carbonyl (C=O) groups is 1. The second-order valence-electron chi connectivity index (χ2n) is 6.52. The van der Waals surface area contributed by atoms with Gasteiger partial charge in [-0.25, -0.2) is 4.79 Å². The second kappa shape index (κ2) is 7.01. The SMILES string of the molecule is C[C@H](NC(=O)NC[C@@H]1CC[C@H](O)C1)c1ccc2ccccc2c1. The van der Waals surface area contributed by atoms with Crippen LogP contribution in [0.3, 0.4) is 0 Å². The fourth-order valence-corrected chi connectivity index (χ4v) is 3.28. The quantitative estimate of drug-likeness (QED) is 0.810. The summed E-state index contributed by atoms with van der Waals surface area (Å²) in [5.74, 6) is 0.395. The number of urea groups is 1. The molecule has 0 spiro atoms. The molecular formula is C19H24N2O2. The number of hydrogen-bond acceptors (Lipinski definition) is 2. The summed E-state index contributed by atoms with van der Waals surface area (Å²) in [6.07, 6.45) is 2.44. The van der Waals surface area contributed by atoms with E-state index in [9.17, 15) is 9.90 Å². The monoisotopic (exact) mass is 312 g/mol. The highest BCUT2D eigenvalue weighted by atomic mass is 16.3. The van der Waals surface area contributed by atoms with Crippen molar-refractivity contribution in [3.05, 3.63) is 48.0 Å². The van der Waals surface area contributed by atoms with Crippen LogP contribution in [-0.4, -0.2) is 23.8 Å². The highest BCUT2D eigenvalue weighted by molar-refractivity contribution is 5.83. The third-order valence-corrected chi connectivity index (χ3v) is 4.69. The summed E-state index contributed by atoms with van der Waals surface area (Å²) in [7, 11) is 0. The van der Waals surface area contributed by atoms with E-state index in [4.69, 9.17) is 0 Å². The van der Waals surface area contributed by atoms with Crippen molar-refractivity contribution in [2.45, 2.75) is 38.3 Å². The predicted octanol–water partition coefficient (Wildman–Crippen LogP) is 3.36. The molecule has 4 nitrogen and oxygen atoms in total. The van der Waals surface area contributed by atoms with Gasteiger partial charge in [-0.3, -0.25) is 0 Å². The van der Waals surface area contributed by atoms with Gasteiger partial charge in [0.15, 0.2) is 0 Å². The van der Waals surface area contributed by atoms with Crippen LogP contribution in [-0.2, 0) is 0 Å². The molecule has 1 fully saturated rings. The van der Waals surface area contributed by atoms with E-state index < -0.39 is 0 Å². The first-order valence-electron chi connectivity index (χ1n) is 8.33. The summed E-state index contributed by atoms with van der Waals surface area (Å²) in [6.45, 7) is 2.62. The average Bonchev–Trinajstić information content (AvgIpc) is 2.98. The fraction of sp³-hybridized carbons (Fsp3) is 0.421. The van der Waals surface area contributed by atoms with E-state index in [1.807, 2.05) is 19.1 Å². The molecule has 1 aliphatic rings. The third-order valence-electron chi connectivity index (χ3n) is 4.69. The lowest BCUT2D eigenvalue weighted by Gasteiger charge is -2.17. The number of fused-ring (bicyclic) bond motifs is 1. The maximum absolute atomic E-state index is 12.0. The van der Waals surface area contributed by atoms with E-state index in [1.165, 1.54) is 10.8 Å². The van der Waals surface area contributed by atoms with Gasteiger partial charge in [-0.1, -0.05) is 36.4 Å². The molecule has 0 bridgehead atoms. The first-order chi connectivity index (χ1) is 11.1. The Hall–Kier alpha value is -2.07. The van der Waals surface area contributed by atoms with Crippen molar-refractivity contribution in [2.24, 2.45) is 5.92 Å². The van der Waals surface area contributed by atoms with Crippen molar-refractivity contribution >= 4 is 16.8 Å². The van der Waals surface area contributed by atoms with Gasteiger partial charge in [0.05, 0.1) is 12.1 Å². The molecule has 2 aromatic carbocycles. The van der Waals surface area contributed by atoms with Crippen LogP contribution in [0.5, 0.6) is 0 Å². The standard InChI is InChI=1S/C19H24N2O2/c1-13(16-8-7-15-4-2-3-5-17(15)11-16)21-19(23)20-12-14-6-9-18(22)10-14/h2-5,7-8,11,13-14,18,22H,6,9-10,12H2,1H3,(H2,20,21,23)/t13-,14+,18-/m0/s1. The fourth-order valence-electron chi connectivity index (χ4n) is 3.28. The van der Waals surface area contributed by atoms with Gasteiger partial charge in [0.1, 0.15) is 0 Å². The molecule has 0 aliphatic heterocycles. The predicted molar refractivity (Wildman–Crippen MR) is 92.2 cm³/mol. The van der Waals surface area contributed by atoms with Crippen LogP contribution in [0.2, 0.25) is 0 Å². The van der Waals surface area contributed by atoms with Crippen LogP contribution in [0.4, 0.5) is 4.79 Å². The Morgan fingerprint density at radius 1 is 1.22 bits per heavy atom. The van der Waals surface area contributed by atoms with Gasteiger partial charge in [0.2, 0.25) is 0 Å².